The summed E-state index contributed by atoms with van der Waals surface area (Å²) in [6.45, 7) is 3.18. The molecule has 1 aliphatic heterocycles. The van der Waals surface area contributed by atoms with Gasteiger partial charge in [-0.1, -0.05) is 11.8 Å². The number of amides is 1. The van der Waals surface area contributed by atoms with Gasteiger partial charge in [0.2, 0.25) is 5.91 Å². The number of carbonyl (C=O) groups excluding carboxylic acids is 1. The summed E-state index contributed by atoms with van der Waals surface area (Å²) in [5.74, 6) is 5.68. The fourth-order valence-electron chi connectivity index (χ4n) is 1.86. The second-order valence-electron chi connectivity index (χ2n) is 4.14. The van der Waals surface area contributed by atoms with Crippen molar-refractivity contribution < 1.29 is 9.90 Å². The van der Waals surface area contributed by atoms with E-state index in [0.29, 0.717) is 6.42 Å². The van der Waals surface area contributed by atoms with Crippen LogP contribution in [0.2, 0.25) is 0 Å². The van der Waals surface area contributed by atoms with Crippen molar-refractivity contribution in [3.05, 3.63) is 21.9 Å². The lowest BCUT2D eigenvalue weighted by atomic mass is 10.3. The maximum Gasteiger partial charge on any atom is 0.221 e. The Balaban J connectivity index is 1.92. The first kappa shape index (κ1) is 13.1. The molecule has 2 rings (SSSR count). The molecule has 2 N–H and O–H groups in total. The lowest BCUT2D eigenvalue weighted by molar-refractivity contribution is -0.120. The highest BCUT2D eigenvalue weighted by Gasteiger charge is 2.13. The second-order valence-corrected chi connectivity index (χ2v) is 5.13. The molecule has 0 atom stereocenters. The Morgan fingerprint density at radius 1 is 1.50 bits per heavy atom. The fourth-order valence-corrected chi connectivity index (χ4v) is 2.72. The van der Waals surface area contributed by atoms with Crippen LogP contribution in [0.25, 0.3) is 0 Å². The average Bonchev–Trinajstić information content (AvgIpc) is 2.70. The largest absolute Gasteiger partial charge is 0.384 e. The summed E-state index contributed by atoms with van der Waals surface area (Å²) >= 11 is 1.67. The highest BCUT2D eigenvalue weighted by molar-refractivity contribution is 7.10. The van der Waals surface area contributed by atoms with E-state index in [0.717, 1.165) is 31.7 Å². The van der Waals surface area contributed by atoms with Crippen LogP contribution in [0.5, 0.6) is 0 Å². The number of thiophene rings is 1. The van der Waals surface area contributed by atoms with Gasteiger partial charge < -0.3 is 10.4 Å². The topological polar surface area (TPSA) is 52.6 Å². The normalized spacial score (nSPS) is 16.6. The van der Waals surface area contributed by atoms with Gasteiger partial charge in [-0.05, 0) is 6.07 Å². The van der Waals surface area contributed by atoms with Gasteiger partial charge in [-0.3, -0.25) is 9.69 Å². The summed E-state index contributed by atoms with van der Waals surface area (Å²) in [6.07, 6.45) is 0.572. The molecular weight excluding hydrogens is 248 g/mol. The first-order valence-electron chi connectivity index (χ1n) is 5.94. The Bertz CT molecular complexity index is 473. The number of aliphatic hydroxyl groups is 1. The number of rotatable bonds is 2. The van der Waals surface area contributed by atoms with Crippen molar-refractivity contribution in [2.45, 2.75) is 13.0 Å². The van der Waals surface area contributed by atoms with E-state index < -0.39 is 0 Å². The van der Waals surface area contributed by atoms with Gasteiger partial charge in [-0.25, -0.2) is 0 Å². The number of hydrogen-bond donors (Lipinski definition) is 2. The average molecular weight is 264 g/mol. The van der Waals surface area contributed by atoms with E-state index in [9.17, 15) is 4.79 Å². The maximum atomic E-state index is 11.2. The molecule has 1 amide bonds. The minimum Gasteiger partial charge on any atom is -0.384 e. The third-order valence-electron chi connectivity index (χ3n) is 2.75. The van der Waals surface area contributed by atoms with Crippen LogP contribution in [0, 0.1) is 11.8 Å². The minimum absolute atomic E-state index is 0.106. The van der Waals surface area contributed by atoms with Gasteiger partial charge in [0.25, 0.3) is 0 Å². The highest BCUT2D eigenvalue weighted by Crippen LogP contribution is 2.16. The molecule has 0 radical (unpaired) electrons. The number of hydrogen-bond acceptors (Lipinski definition) is 4. The highest BCUT2D eigenvalue weighted by atomic mass is 32.1. The van der Waals surface area contributed by atoms with E-state index in [-0.39, 0.29) is 12.5 Å². The molecule has 18 heavy (non-hydrogen) atoms. The smallest absolute Gasteiger partial charge is 0.221 e. The van der Waals surface area contributed by atoms with Crippen LogP contribution in [-0.2, 0) is 11.3 Å². The Morgan fingerprint density at radius 3 is 3.22 bits per heavy atom. The Labute approximate surface area is 111 Å². The van der Waals surface area contributed by atoms with E-state index in [1.165, 1.54) is 4.88 Å². The van der Waals surface area contributed by atoms with Crippen molar-refractivity contribution in [3.63, 3.8) is 0 Å². The SMILES string of the molecule is O=C1CCN(Cc2cc(C#CCO)cs2)CCN1. The van der Waals surface area contributed by atoms with Gasteiger partial charge in [-0.15, -0.1) is 11.3 Å². The number of carbonyl (C=O) groups is 1. The minimum atomic E-state index is -0.106. The van der Waals surface area contributed by atoms with Crippen LogP contribution in [0.1, 0.15) is 16.9 Å². The molecule has 1 aromatic rings. The molecule has 0 saturated carbocycles. The van der Waals surface area contributed by atoms with Crippen molar-refractivity contribution in [2.24, 2.45) is 0 Å². The molecule has 0 bridgehead atoms. The van der Waals surface area contributed by atoms with Crippen molar-refractivity contribution >= 4 is 17.2 Å². The lowest BCUT2D eigenvalue weighted by Crippen LogP contribution is -2.27. The van der Waals surface area contributed by atoms with Gasteiger partial charge in [0, 0.05) is 48.4 Å². The molecule has 1 fully saturated rings. The number of nitrogens with zero attached hydrogens (tertiary/aromatic N) is 1. The second kappa shape index (κ2) is 6.55. The molecule has 1 aliphatic rings. The fraction of sp³-hybridized carbons (Fsp3) is 0.462. The van der Waals surface area contributed by atoms with Gasteiger partial charge in [0.1, 0.15) is 6.61 Å². The predicted molar refractivity (Wildman–Crippen MR) is 71.2 cm³/mol. The molecule has 0 aliphatic carbocycles. The Hall–Kier alpha value is -1.35. The monoisotopic (exact) mass is 264 g/mol. The van der Waals surface area contributed by atoms with Crippen LogP contribution in [0.15, 0.2) is 11.4 Å². The Morgan fingerprint density at radius 2 is 2.39 bits per heavy atom. The van der Waals surface area contributed by atoms with Crippen LogP contribution in [-0.4, -0.2) is 42.2 Å². The number of nitrogens with one attached hydrogen (secondary N) is 1. The molecular formula is C13H16N2O2S. The molecule has 1 saturated heterocycles. The van der Waals surface area contributed by atoms with Gasteiger partial charge in [-0.2, -0.15) is 0 Å². The molecule has 2 heterocycles. The van der Waals surface area contributed by atoms with Crippen molar-refractivity contribution in [3.8, 4) is 11.8 Å². The molecule has 4 nitrogen and oxygen atoms in total. The van der Waals surface area contributed by atoms with Gasteiger partial charge in [0.15, 0.2) is 0 Å². The first-order chi connectivity index (χ1) is 8.78. The van der Waals surface area contributed by atoms with E-state index in [1.54, 1.807) is 11.3 Å². The van der Waals surface area contributed by atoms with E-state index >= 15 is 0 Å². The summed E-state index contributed by atoms with van der Waals surface area (Å²) < 4.78 is 0. The zero-order chi connectivity index (χ0) is 12.8. The zero-order valence-corrected chi connectivity index (χ0v) is 10.9. The zero-order valence-electron chi connectivity index (χ0n) is 10.1. The van der Waals surface area contributed by atoms with E-state index in [4.69, 9.17) is 5.11 Å². The van der Waals surface area contributed by atoms with Gasteiger partial charge in [0.05, 0.1) is 0 Å². The van der Waals surface area contributed by atoms with Crippen molar-refractivity contribution in [2.75, 3.05) is 26.2 Å². The van der Waals surface area contributed by atoms with E-state index in [2.05, 4.69) is 22.1 Å². The molecule has 0 aromatic carbocycles. The summed E-state index contributed by atoms with van der Waals surface area (Å²) in [4.78, 5) is 14.7. The van der Waals surface area contributed by atoms with Crippen LogP contribution < -0.4 is 5.32 Å². The number of aliphatic hydroxyl groups excluding tert-OH is 1. The quantitative estimate of drug-likeness (QED) is 0.761. The molecule has 0 unspecified atom stereocenters. The summed E-state index contributed by atoms with van der Waals surface area (Å²) in [5.41, 5.74) is 0.952. The van der Waals surface area contributed by atoms with E-state index in [1.807, 2.05) is 11.4 Å². The summed E-state index contributed by atoms with van der Waals surface area (Å²) in [5, 5.41) is 13.5. The maximum absolute atomic E-state index is 11.2. The molecule has 0 spiro atoms. The summed E-state index contributed by atoms with van der Waals surface area (Å²) in [7, 11) is 0. The molecule has 96 valence electrons. The first-order valence-corrected chi connectivity index (χ1v) is 6.82. The third-order valence-corrected chi connectivity index (χ3v) is 3.67. The van der Waals surface area contributed by atoms with Crippen LogP contribution in [0.4, 0.5) is 0 Å². The Kier molecular flexibility index (Phi) is 4.76. The summed E-state index contributed by atoms with van der Waals surface area (Å²) in [6, 6.07) is 2.05. The van der Waals surface area contributed by atoms with Crippen molar-refractivity contribution in [1.82, 2.24) is 10.2 Å². The molecule has 5 heteroatoms. The van der Waals surface area contributed by atoms with Crippen molar-refractivity contribution in [1.29, 1.82) is 0 Å². The predicted octanol–water partition coefficient (Wildman–Crippen LogP) is 0.414. The van der Waals surface area contributed by atoms with Crippen LogP contribution in [0.3, 0.4) is 0 Å². The molecule has 1 aromatic heterocycles. The van der Waals surface area contributed by atoms with Gasteiger partial charge >= 0.3 is 0 Å². The standard InChI is InChI=1S/C13H16N2O2S/c16-7-1-2-11-8-12(18-10-11)9-15-5-3-13(17)14-4-6-15/h8,10,16H,3-7,9H2,(H,14,17). The third kappa shape index (κ3) is 3.84. The van der Waals surface area contributed by atoms with Crippen LogP contribution >= 0.6 is 11.3 Å². The lowest BCUT2D eigenvalue weighted by Gasteiger charge is -2.17.